The molecule has 20 heavy (non-hydrogen) atoms. The van der Waals surface area contributed by atoms with Gasteiger partial charge in [0.05, 0.1) is 6.10 Å². The van der Waals surface area contributed by atoms with Gasteiger partial charge in [0.1, 0.15) is 5.57 Å². The Balaban J connectivity index is 2.56. The van der Waals surface area contributed by atoms with Crippen molar-refractivity contribution in [1.29, 1.82) is 0 Å². The minimum atomic E-state index is -4.84. The fourth-order valence-electron chi connectivity index (χ4n) is 2.08. The molecule has 1 unspecified atom stereocenters. The minimum absolute atomic E-state index is 0.0636. The van der Waals surface area contributed by atoms with Crippen molar-refractivity contribution in [2.75, 3.05) is 0 Å². The third-order valence-electron chi connectivity index (χ3n) is 2.94. The van der Waals surface area contributed by atoms with E-state index in [2.05, 4.69) is 0 Å². The molecule has 1 N–H and O–H groups in total. The molecule has 0 bridgehead atoms. The highest BCUT2D eigenvalue weighted by molar-refractivity contribution is 6.12. The van der Waals surface area contributed by atoms with Crippen molar-refractivity contribution < 1.29 is 27.8 Å². The molecule has 6 heteroatoms. The fourth-order valence-corrected chi connectivity index (χ4v) is 2.08. The number of ketones is 1. The predicted molar refractivity (Wildman–Crippen MR) is 64.6 cm³/mol. The highest BCUT2D eigenvalue weighted by Crippen LogP contribution is 2.50. The molecule has 0 aromatic heterocycles. The molecule has 0 amide bonds. The summed E-state index contributed by atoms with van der Waals surface area (Å²) in [6, 6.07) is 7.45. The molecule has 3 nitrogen and oxygen atoms in total. The smallest absolute Gasteiger partial charge is 0.423 e. The third-order valence-corrected chi connectivity index (χ3v) is 2.94. The maximum absolute atomic E-state index is 12.8. The van der Waals surface area contributed by atoms with Crippen molar-refractivity contribution in [3.8, 4) is 0 Å². The van der Waals surface area contributed by atoms with Gasteiger partial charge in [0, 0.05) is 0 Å². The lowest BCUT2D eigenvalue weighted by molar-refractivity contribution is -0.162. The summed E-state index contributed by atoms with van der Waals surface area (Å²) >= 11 is 0. The molecule has 0 heterocycles. The van der Waals surface area contributed by atoms with Crippen molar-refractivity contribution >= 4 is 5.78 Å². The Labute approximate surface area is 113 Å². The number of hydrogen-bond acceptors (Lipinski definition) is 3. The topological polar surface area (TPSA) is 46.5 Å². The van der Waals surface area contributed by atoms with Crippen molar-refractivity contribution in [1.82, 2.24) is 0 Å². The number of rotatable bonds is 3. The quantitative estimate of drug-likeness (QED) is 0.929. The summed E-state index contributed by atoms with van der Waals surface area (Å²) in [5, 5.41) is 10.4. The highest BCUT2D eigenvalue weighted by Gasteiger charge is 2.64. The molecule has 1 atom stereocenters. The second-order valence-corrected chi connectivity index (χ2v) is 4.77. The van der Waals surface area contributed by atoms with Gasteiger partial charge in [-0.15, -0.1) is 0 Å². The number of carbonyl (C=O) groups excluding carboxylic acids is 1. The molecule has 1 aliphatic rings. The van der Waals surface area contributed by atoms with Gasteiger partial charge in [-0.1, -0.05) is 30.3 Å². The zero-order chi connectivity index (χ0) is 15.1. The molecular weight excluding hydrogens is 273 g/mol. The number of Topliss-reactive ketones (excluding diaryl/α,β-unsaturated/α-hetero) is 1. The maximum atomic E-state index is 12.8. The Morgan fingerprint density at radius 2 is 1.75 bits per heavy atom. The van der Waals surface area contributed by atoms with Crippen LogP contribution in [0.15, 0.2) is 41.7 Å². The summed E-state index contributed by atoms with van der Waals surface area (Å²) in [6.07, 6.45) is -5.44. The number of carbonyl (C=O) groups is 1. The van der Waals surface area contributed by atoms with Gasteiger partial charge in [0.25, 0.3) is 0 Å². The van der Waals surface area contributed by atoms with Crippen molar-refractivity contribution in [2.45, 2.75) is 31.7 Å². The first kappa shape index (κ1) is 14.6. The van der Waals surface area contributed by atoms with Crippen LogP contribution in [0.25, 0.3) is 0 Å². The van der Waals surface area contributed by atoms with Gasteiger partial charge in [0.15, 0.2) is 5.76 Å². The number of benzene rings is 1. The van der Waals surface area contributed by atoms with Gasteiger partial charge >= 0.3 is 6.18 Å². The van der Waals surface area contributed by atoms with E-state index in [1.165, 1.54) is 38.1 Å². The second-order valence-electron chi connectivity index (χ2n) is 4.77. The second kappa shape index (κ2) is 4.63. The number of ether oxygens (including phenoxy) is 1. The summed E-state index contributed by atoms with van der Waals surface area (Å²) in [6.45, 7) is 3.05. The van der Waals surface area contributed by atoms with E-state index < -0.39 is 35.0 Å². The van der Waals surface area contributed by atoms with Crippen LogP contribution in [0.4, 0.5) is 13.2 Å². The van der Waals surface area contributed by atoms with Crippen molar-refractivity contribution in [3.05, 3.63) is 47.2 Å². The molecule has 2 rings (SSSR count). The molecular formula is C14H13F3O3. The Morgan fingerprint density at radius 3 is 2.20 bits per heavy atom. The highest BCUT2D eigenvalue weighted by atomic mass is 19.4. The minimum Gasteiger partial charge on any atom is -0.491 e. The van der Waals surface area contributed by atoms with E-state index in [4.69, 9.17) is 4.74 Å². The fraction of sp³-hybridized carbons (Fsp3) is 0.357. The number of halogens is 3. The van der Waals surface area contributed by atoms with Crippen LogP contribution in [-0.4, -0.2) is 23.2 Å². The first-order valence-corrected chi connectivity index (χ1v) is 6.00. The van der Waals surface area contributed by atoms with Crippen LogP contribution < -0.4 is 0 Å². The monoisotopic (exact) mass is 286 g/mol. The van der Waals surface area contributed by atoms with Gasteiger partial charge in [0.2, 0.25) is 11.4 Å². The molecule has 1 aromatic rings. The van der Waals surface area contributed by atoms with Gasteiger partial charge in [-0.25, -0.2) is 0 Å². The van der Waals surface area contributed by atoms with Crippen molar-refractivity contribution in [2.24, 2.45) is 0 Å². The molecule has 108 valence electrons. The van der Waals surface area contributed by atoms with E-state index in [9.17, 15) is 23.1 Å². The molecule has 0 radical (unpaired) electrons. The van der Waals surface area contributed by atoms with E-state index in [1.54, 1.807) is 6.07 Å². The zero-order valence-corrected chi connectivity index (χ0v) is 10.9. The Kier molecular flexibility index (Phi) is 3.37. The normalized spacial score (nSPS) is 23.1. The number of aliphatic hydroxyl groups is 1. The summed E-state index contributed by atoms with van der Waals surface area (Å²) in [7, 11) is 0. The maximum Gasteiger partial charge on any atom is 0.423 e. The standard InChI is InChI=1S/C14H13F3O3/c1-8(2)20-12-10(14(15,16)17)11(18)13(12,19)9-6-4-3-5-7-9/h3-8,19H,1-2H3. The van der Waals surface area contributed by atoms with Crippen LogP contribution >= 0.6 is 0 Å². The largest absolute Gasteiger partial charge is 0.491 e. The van der Waals surface area contributed by atoms with Crippen LogP contribution in [0.3, 0.4) is 0 Å². The molecule has 0 saturated carbocycles. The average Bonchev–Trinajstić information content (AvgIpc) is 2.36. The lowest BCUT2D eigenvalue weighted by Gasteiger charge is -2.40. The lowest BCUT2D eigenvalue weighted by Crippen LogP contribution is -2.53. The molecule has 0 fully saturated rings. The van der Waals surface area contributed by atoms with Crippen LogP contribution in [-0.2, 0) is 15.1 Å². The van der Waals surface area contributed by atoms with Crippen molar-refractivity contribution in [3.63, 3.8) is 0 Å². The number of alkyl halides is 3. The van der Waals surface area contributed by atoms with Gasteiger partial charge < -0.3 is 9.84 Å². The third kappa shape index (κ3) is 2.10. The van der Waals surface area contributed by atoms with Gasteiger partial charge in [-0.3, -0.25) is 4.79 Å². The summed E-state index contributed by atoms with van der Waals surface area (Å²) in [5.74, 6) is -2.11. The average molecular weight is 286 g/mol. The lowest BCUT2D eigenvalue weighted by atomic mass is 9.72. The first-order chi connectivity index (χ1) is 9.19. The summed E-state index contributed by atoms with van der Waals surface area (Å²) in [4.78, 5) is 11.8. The van der Waals surface area contributed by atoms with E-state index in [0.29, 0.717) is 0 Å². The summed E-state index contributed by atoms with van der Waals surface area (Å²) < 4.78 is 43.6. The van der Waals surface area contributed by atoms with Crippen LogP contribution in [0.1, 0.15) is 19.4 Å². The van der Waals surface area contributed by atoms with Gasteiger partial charge in [-0.05, 0) is 19.4 Å². The molecule has 0 aliphatic heterocycles. The SMILES string of the molecule is CC(C)OC1=C(C(F)(F)F)C(=O)C1(O)c1ccccc1. The van der Waals surface area contributed by atoms with E-state index in [-0.39, 0.29) is 5.56 Å². The number of hydrogen-bond donors (Lipinski definition) is 1. The Bertz CT molecular complexity index is 561. The molecule has 1 aliphatic carbocycles. The first-order valence-electron chi connectivity index (χ1n) is 6.00. The van der Waals surface area contributed by atoms with Gasteiger partial charge in [-0.2, -0.15) is 13.2 Å². The van der Waals surface area contributed by atoms with Crippen LogP contribution in [0.2, 0.25) is 0 Å². The zero-order valence-electron chi connectivity index (χ0n) is 10.9. The molecule has 0 saturated heterocycles. The Hall–Kier alpha value is -1.82. The Morgan fingerprint density at radius 1 is 1.20 bits per heavy atom. The molecule has 0 spiro atoms. The van der Waals surface area contributed by atoms with Crippen LogP contribution in [0.5, 0.6) is 0 Å². The van der Waals surface area contributed by atoms with E-state index in [1.807, 2.05) is 0 Å². The van der Waals surface area contributed by atoms with E-state index >= 15 is 0 Å². The molecule has 1 aromatic carbocycles. The predicted octanol–water partition coefficient (Wildman–Crippen LogP) is 2.70. The van der Waals surface area contributed by atoms with E-state index in [0.717, 1.165) is 0 Å². The van der Waals surface area contributed by atoms with Crippen LogP contribution in [0, 0.1) is 0 Å². The summed E-state index contributed by atoms with van der Waals surface area (Å²) in [5.41, 5.74) is -3.71.